The van der Waals surface area contributed by atoms with Crippen LogP contribution in [0.5, 0.6) is 11.5 Å². The van der Waals surface area contributed by atoms with Crippen molar-refractivity contribution in [3.63, 3.8) is 0 Å². The van der Waals surface area contributed by atoms with Crippen molar-refractivity contribution in [2.45, 2.75) is 32.7 Å². The van der Waals surface area contributed by atoms with Crippen molar-refractivity contribution in [1.29, 1.82) is 0 Å². The number of carbonyl (C=O) groups excluding carboxylic acids is 1. The van der Waals surface area contributed by atoms with E-state index in [2.05, 4.69) is 29.6 Å². The SMILES string of the molecule is COc1ccc2c(c1)c1cc(OC)cc3c1n2C(C)(C)C/C3=N\OC(C)=O. The lowest BCUT2D eigenvalue weighted by Crippen LogP contribution is -2.34. The Labute approximate surface area is 157 Å². The third kappa shape index (κ3) is 2.63. The van der Waals surface area contributed by atoms with Crippen LogP contribution in [0.3, 0.4) is 0 Å². The summed E-state index contributed by atoms with van der Waals surface area (Å²) in [7, 11) is 3.31. The molecule has 0 unspecified atom stereocenters. The van der Waals surface area contributed by atoms with E-state index in [9.17, 15) is 4.79 Å². The number of methoxy groups -OCH3 is 2. The smallest absolute Gasteiger partial charge is 0.331 e. The Kier molecular flexibility index (Phi) is 3.87. The second-order valence-electron chi connectivity index (χ2n) is 7.40. The Balaban J connectivity index is 2.15. The quantitative estimate of drug-likeness (QED) is 0.514. The van der Waals surface area contributed by atoms with Gasteiger partial charge in [0.2, 0.25) is 0 Å². The Bertz CT molecular complexity index is 1110. The fourth-order valence-corrected chi connectivity index (χ4v) is 3.98. The van der Waals surface area contributed by atoms with Crippen molar-refractivity contribution in [2.24, 2.45) is 5.16 Å². The summed E-state index contributed by atoms with van der Waals surface area (Å²) >= 11 is 0. The largest absolute Gasteiger partial charge is 0.497 e. The molecule has 0 amide bonds. The van der Waals surface area contributed by atoms with Crippen LogP contribution >= 0.6 is 0 Å². The van der Waals surface area contributed by atoms with E-state index in [1.165, 1.54) is 6.92 Å². The summed E-state index contributed by atoms with van der Waals surface area (Å²) in [5, 5.41) is 6.30. The highest BCUT2D eigenvalue weighted by Gasteiger charge is 2.35. The molecule has 1 aliphatic heterocycles. The Morgan fingerprint density at radius 3 is 2.44 bits per heavy atom. The average molecular weight is 366 g/mol. The van der Waals surface area contributed by atoms with Crippen molar-refractivity contribution in [3.8, 4) is 11.5 Å². The minimum Gasteiger partial charge on any atom is -0.497 e. The second-order valence-corrected chi connectivity index (χ2v) is 7.40. The minimum absolute atomic E-state index is 0.241. The van der Waals surface area contributed by atoms with Gasteiger partial charge in [-0.3, -0.25) is 0 Å². The van der Waals surface area contributed by atoms with Crippen molar-refractivity contribution in [3.05, 3.63) is 35.9 Å². The molecule has 0 spiro atoms. The van der Waals surface area contributed by atoms with Crippen LogP contribution in [-0.4, -0.2) is 30.5 Å². The van der Waals surface area contributed by atoms with Crippen LogP contribution in [0, 0.1) is 0 Å². The normalized spacial score (nSPS) is 16.7. The highest BCUT2D eigenvalue weighted by molar-refractivity contribution is 6.19. The molecule has 0 N–H and O–H groups in total. The zero-order chi connectivity index (χ0) is 19.3. The van der Waals surface area contributed by atoms with Crippen molar-refractivity contribution in [1.82, 2.24) is 4.57 Å². The van der Waals surface area contributed by atoms with Crippen LogP contribution in [0.4, 0.5) is 0 Å². The van der Waals surface area contributed by atoms with E-state index in [1.54, 1.807) is 14.2 Å². The highest BCUT2D eigenvalue weighted by atomic mass is 16.7. The third-order valence-electron chi connectivity index (χ3n) is 5.08. The third-order valence-corrected chi connectivity index (χ3v) is 5.08. The number of nitrogens with zero attached hydrogens (tertiary/aromatic N) is 2. The van der Waals surface area contributed by atoms with E-state index in [4.69, 9.17) is 14.3 Å². The monoisotopic (exact) mass is 366 g/mol. The lowest BCUT2D eigenvalue weighted by atomic mass is 9.88. The number of hydrogen-bond donors (Lipinski definition) is 0. The molecule has 27 heavy (non-hydrogen) atoms. The Morgan fingerprint density at radius 1 is 1.07 bits per heavy atom. The van der Waals surface area contributed by atoms with E-state index in [-0.39, 0.29) is 5.54 Å². The van der Waals surface area contributed by atoms with E-state index in [0.717, 1.165) is 44.6 Å². The molecular formula is C21H22N2O4. The zero-order valence-electron chi connectivity index (χ0n) is 16.1. The Morgan fingerprint density at radius 2 is 1.78 bits per heavy atom. The lowest BCUT2D eigenvalue weighted by Gasteiger charge is -2.34. The first-order valence-corrected chi connectivity index (χ1v) is 8.81. The van der Waals surface area contributed by atoms with Crippen LogP contribution in [0.1, 0.15) is 32.8 Å². The molecule has 0 saturated carbocycles. The average Bonchev–Trinajstić information content (AvgIpc) is 2.98. The van der Waals surface area contributed by atoms with E-state index in [1.807, 2.05) is 24.3 Å². The summed E-state index contributed by atoms with van der Waals surface area (Å²) in [5.74, 6) is 1.10. The molecule has 6 heteroatoms. The van der Waals surface area contributed by atoms with E-state index < -0.39 is 5.97 Å². The molecule has 6 nitrogen and oxygen atoms in total. The molecule has 0 atom stereocenters. The molecule has 0 fully saturated rings. The van der Waals surface area contributed by atoms with Gasteiger partial charge < -0.3 is 18.9 Å². The molecule has 2 heterocycles. The van der Waals surface area contributed by atoms with Gasteiger partial charge >= 0.3 is 5.97 Å². The lowest BCUT2D eigenvalue weighted by molar-refractivity contribution is -0.140. The molecule has 140 valence electrons. The predicted octanol–water partition coefficient (Wildman–Crippen LogP) is 4.22. The van der Waals surface area contributed by atoms with Gasteiger partial charge in [0, 0.05) is 40.7 Å². The molecule has 0 radical (unpaired) electrons. The summed E-state index contributed by atoms with van der Waals surface area (Å²) in [6.07, 6.45) is 0.630. The number of ether oxygens (including phenoxy) is 2. The molecule has 0 bridgehead atoms. The molecule has 0 saturated heterocycles. The first-order chi connectivity index (χ1) is 12.9. The van der Waals surface area contributed by atoms with Crippen LogP contribution in [0.15, 0.2) is 35.5 Å². The number of carbonyl (C=O) groups is 1. The van der Waals surface area contributed by atoms with Gasteiger partial charge in [-0.15, -0.1) is 0 Å². The summed E-state index contributed by atoms with van der Waals surface area (Å²) in [4.78, 5) is 16.3. The maximum Gasteiger partial charge on any atom is 0.331 e. The maximum atomic E-state index is 11.3. The summed E-state index contributed by atoms with van der Waals surface area (Å²) in [5.41, 5.74) is 3.59. The van der Waals surface area contributed by atoms with Crippen LogP contribution < -0.4 is 9.47 Å². The van der Waals surface area contributed by atoms with Gasteiger partial charge in [-0.2, -0.15) is 0 Å². The zero-order valence-corrected chi connectivity index (χ0v) is 16.1. The fourth-order valence-electron chi connectivity index (χ4n) is 3.98. The summed E-state index contributed by atoms with van der Waals surface area (Å²) in [6.45, 7) is 5.67. The summed E-state index contributed by atoms with van der Waals surface area (Å²) in [6, 6.07) is 10.1. The molecule has 1 aliphatic rings. The van der Waals surface area contributed by atoms with Crippen molar-refractivity contribution >= 4 is 33.5 Å². The molecule has 3 aromatic rings. The van der Waals surface area contributed by atoms with Gasteiger partial charge in [0.15, 0.2) is 0 Å². The molecule has 2 aromatic carbocycles. The van der Waals surface area contributed by atoms with E-state index in [0.29, 0.717) is 6.42 Å². The molecule has 0 aliphatic carbocycles. The fraction of sp³-hybridized carbons (Fsp3) is 0.333. The number of aromatic nitrogens is 1. The number of benzene rings is 2. The molecule has 4 rings (SSSR count). The van der Waals surface area contributed by atoms with E-state index >= 15 is 0 Å². The summed E-state index contributed by atoms with van der Waals surface area (Å²) < 4.78 is 13.3. The first-order valence-electron chi connectivity index (χ1n) is 8.81. The van der Waals surface area contributed by atoms with Gasteiger partial charge in [-0.25, -0.2) is 4.79 Å². The van der Waals surface area contributed by atoms with Crippen LogP contribution in [-0.2, 0) is 15.2 Å². The standard InChI is InChI=1S/C21H22N2O4/c1-12(24)27-22-18-11-21(2,3)23-19-7-6-13(25-4)8-15(19)16-9-14(26-5)10-17(18)20(16)23/h6-10H,11H2,1-5H3/b22-18+. The number of fused-ring (bicyclic) bond motifs is 3. The van der Waals surface area contributed by atoms with Gasteiger partial charge in [0.05, 0.1) is 25.4 Å². The molecular weight excluding hydrogens is 344 g/mol. The van der Waals surface area contributed by atoms with Gasteiger partial charge in [-0.05, 0) is 44.2 Å². The number of rotatable bonds is 3. The van der Waals surface area contributed by atoms with Gasteiger partial charge in [0.25, 0.3) is 0 Å². The predicted molar refractivity (Wildman–Crippen MR) is 105 cm³/mol. The topological polar surface area (TPSA) is 62.1 Å². The minimum atomic E-state index is -0.435. The van der Waals surface area contributed by atoms with Crippen molar-refractivity contribution in [2.75, 3.05) is 14.2 Å². The first kappa shape index (κ1) is 17.4. The molecule has 1 aromatic heterocycles. The van der Waals surface area contributed by atoms with Crippen LogP contribution in [0.25, 0.3) is 21.8 Å². The van der Waals surface area contributed by atoms with Crippen LogP contribution in [0.2, 0.25) is 0 Å². The maximum absolute atomic E-state index is 11.3. The van der Waals surface area contributed by atoms with Gasteiger partial charge in [-0.1, -0.05) is 5.16 Å². The second kappa shape index (κ2) is 6.01. The number of oxime groups is 1. The highest BCUT2D eigenvalue weighted by Crippen LogP contribution is 2.44. The van der Waals surface area contributed by atoms with Gasteiger partial charge in [0.1, 0.15) is 11.5 Å². The Hall–Kier alpha value is -3.02. The number of hydrogen-bond acceptors (Lipinski definition) is 5. The van der Waals surface area contributed by atoms with Crippen molar-refractivity contribution < 1.29 is 19.1 Å².